The molecule has 3 amide bonds. The maximum atomic E-state index is 12.3. The number of amides is 3. The molecule has 1 aromatic rings. The summed E-state index contributed by atoms with van der Waals surface area (Å²) >= 11 is 0. The number of anilines is 2. The first-order valence-corrected chi connectivity index (χ1v) is 8.35. The molecule has 3 rings (SSSR count). The van der Waals surface area contributed by atoms with E-state index in [4.69, 9.17) is 0 Å². The zero-order valence-corrected chi connectivity index (χ0v) is 14.1. The number of aryl methyl sites for hydroxylation is 1. The molecule has 124 valence electrons. The third-order valence-corrected chi connectivity index (χ3v) is 5.24. The minimum Gasteiger partial charge on any atom is -0.333 e. The first-order chi connectivity index (χ1) is 10.9. The third-order valence-electron chi connectivity index (χ3n) is 5.24. The zero-order valence-electron chi connectivity index (χ0n) is 14.1. The number of hydrogen-bond donors (Lipinski definition) is 2. The fourth-order valence-electron chi connectivity index (χ4n) is 3.42. The van der Waals surface area contributed by atoms with Gasteiger partial charge in [0.2, 0.25) is 5.91 Å². The summed E-state index contributed by atoms with van der Waals surface area (Å²) in [5.74, 6) is 0.703. The van der Waals surface area contributed by atoms with Crippen molar-refractivity contribution in [2.45, 2.75) is 51.5 Å². The van der Waals surface area contributed by atoms with Gasteiger partial charge in [0.1, 0.15) is 0 Å². The predicted molar refractivity (Wildman–Crippen MR) is 91.7 cm³/mol. The molecule has 2 aliphatic rings. The van der Waals surface area contributed by atoms with Gasteiger partial charge in [-0.3, -0.25) is 4.79 Å². The van der Waals surface area contributed by atoms with E-state index in [1.165, 1.54) is 19.3 Å². The fourth-order valence-corrected chi connectivity index (χ4v) is 3.42. The lowest BCUT2D eigenvalue weighted by molar-refractivity contribution is -0.118. The van der Waals surface area contributed by atoms with E-state index in [2.05, 4.69) is 24.5 Å². The van der Waals surface area contributed by atoms with Crippen molar-refractivity contribution in [3.63, 3.8) is 0 Å². The van der Waals surface area contributed by atoms with Crippen molar-refractivity contribution >= 4 is 23.3 Å². The number of urea groups is 1. The van der Waals surface area contributed by atoms with Gasteiger partial charge in [0.25, 0.3) is 0 Å². The highest BCUT2D eigenvalue weighted by Crippen LogP contribution is 2.36. The Kier molecular flexibility index (Phi) is 4.04. The average molecular weight is 315 g/mol. The topological polar surface area (TPSA) is 61.4 Å². The molecular weight excluding hydrogens is 290 g/mol. The zero-order chi connectivity index (χ0) is 16.6. The molecule has 0 aromatic heterocycles. The van der Waals surface area contributed by atoms with Gasteiger partial charge in [0.05, 0.1) is 0 Å². The van der Waals surface area contributed by atoms with Gasteiger partial charge in [0, 0.05) is 30.4 Å². The standard InChI is InChI=1S/C18H25N3O2/c1-18(2,13-5-4-6-13)20-17(23)19-14-8-9-15-12(11-14)7-10-16(22)21(15)3/h8-9,11,13H,4-7,10H2,1-3H3,(H2,19,20,23). The van der Waals surface area contributed by atoms with Crippen LogP contribution in [0, 0.1) is 5.92 Å². The largest absolute Gasteiger partial charge is 0.333 e. The lowest BCUT2D eigenvalue weighted by Gasteiger charge is -2.40. The van der Waals surface area contributed by atoms with Gasteiger partial charge in [-0.1, -0.05) is 6.42 Å². The van der Waals surface area contributed by atoms with Crippen LogP contribution in [0.5, 0.6) is 0 Å². The highest BCUT2D eigenvalue weighted by atomic mass is 16.2. The molecule has 5 heteroatoms. The molecule has 0 radical (unpaired) electrons. The molecule has 0 unspecified atom stereocenters. The number of carbonyl (C=O) groups is 2. The van der Waals surface area contributed by atoms with Gasteiger partial charge >= 0.3 is 6.03 Å². The molecule has 1 fully saturated rings. The molecule has 0 saturated heterocycles. The quantitative estimate of drug-likeness (QED) is 0.899. The summed E-state index contributed by atoms with van der Waals surface area (Å²) in [5.41, 5.74) is 2.63. The summed E-state index contributed by atoms with van der Waals surface area (Å²) in [4.78, 5) is 25.7. The minimum atomic E-state index is -0.177. The van der Waals surface area contributed by atoms with Gasteiger partial charge in [-0.25, -0.2) is 4.79 Å². The third kappa shape index (κ3) is 3.19. The van der Waals surface area contributed by atoms with E-state index in [0.717, 1.165) is 23.4 Å². The van der Waals surface area contributed by atoms with E-state index in [1.54, 1.807) is 11.9 Å². The van der Waals surface area contributed by atoms with Gasteiger partial charge < -0.3 is 15.5 Å². The van der Waals surface area contributed by atoms with Gasteiger partial charge in [0.15, 0.2) is 0 Å². The Labute approximate surface area is 137 Å². The molecule has 1 aliphatic carbocycles. The maximum Gasteiger partial charge on any atom is 0.319 e. The monoisotopic (exact) mass is 315 g/mol. The summed E-state index contributed by atoms with van der Waals surface area (Å²) in [7, 11) is 1.79. The van der Waals surface area contributed by atoms with Crippen LogP contribution in [0.15, 0.2) is 18.2 Å². The van der Waals surface area contributed by atoms with Crippen LogP contribution in [0.3, 0.4) is 0 Å². The summed E-state index contributed by atoms with van der Waals surface area (Å²) in [6, 6.07) is 5.55. The molecule has 1 heterocycles. The summed E-state index contributed by atoms with van der Waals surface area (Å²) < 4.78 is 0. The van der Waals surface area contributed by atoms with Crippen molar-refractivity contribution in [2.24, 2.45) is 5.92 Å². The van der Waals surface area contributed by atoms with Crippen molar-refractivity contribution in [2.75, 3.05) is 17.3 Å². The second-order valence-electron chi connectivity index (χ2n) is 7.22. The van der Waals surface area contributed by atoms with Crippen LogP contribution in [-0.4, -0.2) is 24.5 Å². The van der Waals surface area contributed by atoms with E-state index >= 15 is 0 Å². The highest BCUT2D eigenvalue weighted by Gasteiger charge is 2.35. The highest BCUT2D eigenvalue weighted by molar-refractivity contribution is 5.97. The Morgan fingerprint density at radius 2 is 2.00 bits per heavy atom. The second kappa shape index (κ2) is 5.87. The van der Waals surface area contributed by atoms with Crippen LogP contribution in [-0.2, 0) is 11.2 Å². The first kappa shape index (κ1) is 15.8. The maximum absolute atomic E-state index is 12.3. The Morgan fingerprint density at radius 3 is 2.65 bits per heavy atom. The first-order valence-electron chi connectivity index (χ1n) is 8.35. The Balaban J connectivity index is 1.66. The van der Waals surface area contributed by atoms with Crippen molar-refractivity contribution in [1.82, 2.24) is 5.32 Å². The normalized spacial score (nSPS) is 18.2. The molecule has 2 N–H and O–H groups in total. The van der Waals surface area contributed by atoms with Crippen molar-refractivity contribution in [3.05, 3.63) is 23.8 Å². The lowest BCUT2D eigenvalue weighted by Crippen LogP contribution is -2.52. The number of rotatable bonds is 3. The summed E-state index contributed by atoms with van der Waals surface area (Å²) in [6.07, 6.45) is 4.88. The fraction of sp³-hybridized carbons (Fsp3) is 0.556. The SMILES string of the molecule is CN1C(=O)CCc2cc(NC(=O)NC(C)(C)C3CCC3)ccc21. The molecule has 0 spiro atoms. The van der Waals surface area contributed by atoms with Crippen LogP contribution in [0.25, 0.3) is 0 Å². The molecule has 1 aromatic carbocycles. The van der Waals surface area contributed by atoms with Gasteiger partial charge in [-0.15, -0.1) is 0 Å². The number of nitrogens with zero attached hydrogens (tertiary/aromatic N) is 1. The van der Waals surface area contributed by atoms with Crippen LogP contribution in [0.2, 0.25) is 0 Å². The van der Waals surface area contributed by atoms with E-state index < -0.39 is 0 Å². The second-order valence-corrected chi connectivity index (χ2v) is 7.22. The smallest absolute Gasteiger partial charge is 0.319 e. The van der Waals surface area contributed by atoms with Crippen LogP contribution < -0.4 is 15.5 Å². The van der Waals surface area contributed by atoms with Gasteiger partial charge in [-0.05, 0) is 62.8 Å². The minimum absolute atomic E-state index is 0.137. The van der Waals surface area contributed by atoms with E-state index in [-0.39, 0.29) is 17.5 Å². The predicted octanol–water partition coefficient (Wildman–Crippen LogP) is 3.30. The molecule has 1 saturated carbocycles. The van der Waals surface area contributed by atoms with Crippen molar-refractivity contribution in [3.8, 4) is 0 Å². The molecule has 1 aliphatic heterocycles. The molecule has 23 heavy (non-hydrogen) atoms. The molecule has 0 bridgehead atoms. The van der Waals surface area contributed by atoms with Gasteiger partial charge in [-0.2, -0.15) is 0 Å². The van der Waals surface area contributed by atoms with E-state index in [1.807, 2.05) is 18.2 Å². The summed E-state index contributed by atoms with van der Waals surface area (Å²) in [5, 5.41) is 6.01. The molecular formula is C18H25N3O2. The number of hydrogen-bond acceptors (Lipinski definition) is 2. The molecule has 5 nitrogen and oxygen atoms in total. The van der Waals surface area contributed by atoms with Crippen LogP contribution in [0.4, 0.5) is 16.2 Å². The Bertz CT molecular complexity index is 635. The summed E-state index contributed by atoms with van der Waals surface area (Å²) in [6.45, 7) is 4.17. The lowest BCUT2D eigenvalue weighted by atomic mass is 9.73. The van der Waals surface area contributed by atoms with Crippen LogP contribution >= 0.6 is 0 Å². The van der Waals surface area contributed by atoms with E-state index in [9.17, 15) is 9.59 Å². The van der Waals surface area contributed by atoms with Crippen molar-refractivity contribution < 1.29 is 9.59 Å². The van der Waals surface area contributed by atoms with Crippen LogP contribution in [0.1, 0.15) is 45.1 Å². The Morgan fingerprint density at radius 1 is 1.26 bits per heavy atom. The average Bonchev–Trinajstić information content (AvgIpc) is 2.39. The number of fused-ring (bicyclic) bond motifs is 1. The van der Waals surface area contributed by atoms with E-state index in [0.29, 0.717) is 12.3 Å². The number of carbonyl (C=O) groups excluding carboxylic acids is 2. The number of benzene rings is 1. The van der Waals surface area contributed by atoms with Crippen molar-refractivity contribution in [1.29, 1.82) is 0 Å². The molecule has 0 atom stereocenters. The number of nitrogens with one attached hydrogen (secondary N) is 2. The Hall–Kier alpha value is -2.04.